The molecule has 0 radical (unpaired) electrons. The van der Waals surface area contributed by atoms with Crippen molar-refractivity contribution in [1.82, 2.24) is 0 Å². The average molecular weight is 473 g/mol. The Kier molecular flexibility index (Phi) is 8.26. The molecule has 0 heterocycles. The number of benzene rings is 3. The van der Waals surface area contributed by atoms with Gasteiger partial charge in [0.15, 0.2) is 18.1 Å². The molecule has 32 heavy (non-hydrogen) atoms. The lowest BCUT2D eigenvalue weighted by atomic mass is 10.1. The summed E-state index contributed by atoms with van der Waals surface area (Å²) < 4.78 is 11.5. The summed E-state index contributed by atoms with van der Waals surface area (Å²) in [5, 5.41) is 7.21. The van der Waals surface area contributed by atoms with E-state index in [1.165, 1.54) is 0 Å². The summed E-state index contributed by atoms with van der Waals surface area (Å²) >= 11 is 12.0. The number of halogens is 2. The SMILES string of the molecule is CCOc1cc(CNc2ccc(Cl)c(Cl)c2)ccc1OCC(=O)Nc1cc(C)ccc1C. The molecule has 3 rings (SSSR count). The van der Waals surface area contributed by atoms with Crippen molar-refractivity contribution in [3.8, 4) is 11.5 Å². The zero-order valence-corrected chi connectivity index (χ0v) is 19.8. The van der Waals surface area contributed by atoms with Gasteiger partial charge in [-0.15, -0.1) is 0 Å². The molecular weight excluding hydrogens is 447 g/mol. The summed E-state index contributed by atoms with van der Waals surface area (Å²) in [4.78, 5) is 12.4. The lowest BCUT2D eigenvalue weighted by molar-refractivity contribution is -0.118. The van der Waals surface area contributed by atoms with E-state index in [1.807, 2.05) is 63.2 Å². The van der Waals surface area contributed by atoms with Gasteiger partial charge in [0, 0.05) is 17.9 Å². The molecule has 1 amide bonds. The van der Waals surface area contributed by atoms with Gasteiger partial charge in [-0.05, 0) is 73.9 Å². The van der Waals surface area contributed by atoms with Crippen LogP contribution in [0.3, 0.4) is 0 Å². The Morgan fingerprint density at radius 1 is 0.906 bits per heavy atom. The number of ether oxygens (including phenoxy) is 2. The molecule has 168 valence electrons. The molecule has 0 atom stereocenters. The molecule has 0 aliphatic heterocycles. The van der Waals surface area contributed by atoms with Crippen molar-refractivity contribution in [2.75, 3.05) is 23.8 Å². The second-order valence-electron chi connectivity index (χ2n) is 7.35. The summed E-state index contributed by atoms with van der Waals surface area (Å²) in [5.41, 5.74) is 4.72. The molecule has 0 aliphatic rings. The Morgan fingerprint density at radius 3 is 2.47 bits per heavy atom. The van der Waals surface area contributed by atoms with Gasteiger partial charge in [-0.2, -0.15) is 0 Å². The number of amides is 1. The van der Waals surface area contributed by atoms with Gasteiger partial charge in [-0.3, -0.25) is 4.79 Å². The van der Waals surface area contributed by atoms with Crippen LogP contribution in [0.4, 0.5) is 11.4 Å². The highest BCUT2D eigenvalue weighted by molar-refractivity contribution is 6.42. The predicted molar refractivity (Wildman–Crippen MR) is 131 cm³/mol. The van der Waals surface area contributed by atoms with E-state index in [2.05, 4.69) is 10.6 Å². The molecule has 0 saturated carbocycles. The van der Waals surface area contributed by atoms with Crippen LogP contribution >= 0.6 is 23.2 Å². The zero-order chi connectivity index (χ0) is 23.1. The first-order valence-electron chi connectivity index (χ1n) is 10.3. The normalized spacial score (nSPS) is 10.5. The fraction of sp³-hybridized carbons (Fsp3) is 0.240. The van der Waals surface area contributed by atoms with Gasteiger partial charge in [0.25, 0.3) is 5.91 Å². The maximum atomic E-state index is 12.4. The minimum Gasteiger partial charge on any atom is -0.490 e. The van der Waals surface area contributed by atoms with Crippen LogP contribution in [0.1, 0.15) is 23.6 Å². The van der Waals surface area contributed by atoms with E-state index in [0.717, 1.165) is 28.1 Å². The molecule has 7 heteroatoms. The minimum atomic E-state index is -0.230. The summed E-state index contributed by atoms with van der Waals surface area (Å²) in [6.45, 7) is 6.76. The van der Waals surface area contributed by atoms with Crippen molar-refractivity contribution in [3.63, 3.8) is 0 Å². The standard InChI is InChI=1S/C25H26Cl2N2O3/c1-4-31-24-12-18(14-28-19-8-9-20(26)21(27)13-19)7-10-23(24)32-15-25(30)29-22-11-16(2)5-6-17(22)3/h5-13,28H,4,14-15H2,1-3H3,(H,29,30). The second-order valence-corrected chi connectivity index (χ2v) is 8.17. The molecule has 0 aromatic heterocycles. The third-order valence-corrected chi connectivity index (χ3v) is 5.49. The largest absolute Gasteiger partial charge is 0.490 e. The smallest absolute Gasteiger partial charge is 0.262 e. The monoisotopic (exact) mass is 472 g/mol. The van der Waals surface area contributed by atoms with Crippen molar-refractivity contribution < 1.29 is 14.3 Å². The number of carbonyl (C=O) groups excluding carboxylic acids is 1. The van der Waals surface area contributed by atoms with Gasteiger partial charge >= 0.3 is 0 Å². The van der Waals surface area contributed by atoms with Crippen LogP contribution in [0.5, 0.6) is 11.5 Å². The van der Waals surface area contributed by atoms with Crippen molar-refractivity contribution in [2.24, 2.45) is 0 Å². The van der Waals surface area contributed by atoms with E-state index < -0.39 is 0 Å². The van der Waals surface area contributed by atoms with Crippen LogP contribution in [-0.4, -0.2) is 19.1 Å². The predicted octanol–water partition coefficient (Wildman–Crippen LogP) is 6.64. The second kappa shape index (κ2) is 11.1. The van der Waals surface area contributed by atoms with Gasteiger partial charge in [-0.1, -0.05) is 41.4 Å². The molecule has 3 aromatic carbocycles. The van der Waals surface area contributed by atoms with Crippen molar-refractivity contribution in [1.29, 1.82) is 0 Å². The van der Waals surface area contributed by atoms with E-state index in [1.54, 1.807) is 12.1 Å². The first-order valence-corrected chi connectivity index (χ1v) is 11.1. The Hall–Kier alpha value is -2.89. The van der Waals surface area contributed by atoms with E-state index in [9.17, 15) is 4.79 Å². The number of hydrogen-bond donors (Lipinski definition) is 2. The van der Waals surface area contributed by atoms with Crippen LogP contribution in [0.15, 0.2) is 54.6 Å². The average Bonchev–Trinajstić information content (AvgIpc) is 2.76. The van der Waals surface area contributed by atoms with Crippen LogP contribution in [0, 0.1) is 13.8 Å². The van der Waals surface area contributed by atoms with E-state index in [4.69, 9.17) is 32.7 Å². The lowest BCUT2D eigenvalue weighted by Crippen LogP contribution is -2.21. The highest BCUT2D eigenvalue weighted by Crippen LogP contribution is 2.30. The van der Waals surface area contributed by atoms with E-state index >= 15 is 0 Å². The summed E-state index contributed by atoms with van der Waals surface area (Å²) in [6.07, 6.45) is 0. The summed E-state index contributed by atoms with van der Waals surface area (Å²) in [7, 11) is 0. The Balaban J connectivity index is 1.62. The van der Waals surface area contributed by atoms with Crippen LogP contribution in [0.25, 0.3) is 0 Å². The maximum Gasteiger partial charge on any atom is 0.262 e. The summed E-state index contributed by atoms with van der Waals surface area (Å²) in [5.74, 6) is 0.869. The molecular formula is C25H26Cl2N2O3. The Labute approximate surface area is 198 Å². The highest BCUT2D eigenvalue weighted by Gasteiger charge is 2.11. The van der Waals surface area contributed by atoms with Gasteiger partial charge in [0.05, 0.1) is 16.7 Å². The van der Waals surface area contributed by atoms with Gasteiger partial charge < -0.3 is 20.1 Å². The Bertz CT molecular complexity index is 1100. The van der Waals surface area contributed by atoms with Crippen LogP contribution in [-0.2, 0) is 11.3 Å². The topological polar surface area (TPSA) is 59.6 Å². The molecule has 5 nitrogen and oxygen atoms in total. The lowest BCUT2D eigenvalue weighted by Gasteiger charge is -2.15. The van der Waals surface area contributed by atoms with Gasteiger partial charge in [0.1, 0.15) is 0 Å². The number of carbonyl (C=O) groups is 1. The van der Waals surface area contributed by atoms with Crippen molar-refractivity contribution >= 4 is 40.5 Å². The summed E-state index contributed by atoms with van der Waals surface area (Å²) in [6, 6.07) is 16.9. The third kappa shape index (κ3) is 6.55. The molecule has 0 bridgehead atoms. The fourth-order valence-corrected chi connectivity index (χ4v) is 3.36. The highest BCUT2D eigenvalue weighted by atomic mass is 35.5. The number of rotatable bonds is 9. The maximum absolute atomic E-state index is 12.4. The molecule has 0 aliphatic carbocycles. The minimum absolute atomic E-state index is 0.117. The molecule has 0 unspecified atom stereocenters. The molecule has 2 N–H and O–H groups in total. The quantitative estimate of drug-likeness (QED) is 0.366. The van der Waals surface area contributed by atoms with Crippen LogP contribution in [0.2, 0.25) is 10.0 Å². The Morgan fingerprint density at radius 2 is 1.72 bits per heavy atom. The number of hydrogen-bond acceptors (Lipinski definition) is 4. The number of nitrogens with one attached hydrogen (secondary N) is 2. The molecule has 3 aromatic rings. The molecule has 0 saturated heterocycles. The third-order valence-electron chi connectivity index (χ3n) is 4.75. The van der Waals surface area contributed by atoms with E-state index in [-0.39, 0.29) is 12.5 Å². The fourth-order valence-electron chi connectivity index (χ4n) is 3.06. The van der Waals surface area contributed by atoms with E-state index in [0.29, 0.717) is 34.7 Å². The molecule has 0 fully saturated rings. The number of aryl methyl sites for hydroxylation is 2. The molecule has 0 spiro atoms. The van der Waals surface area contributed by atoms with Gasteiger partial charge in [0.2, 0.25) is 0 Å². The van der Waals surface area contributed by atoms with Gasteiger partial charge in [-0.25, -0.2) is 0 Å². The first-order chi connectivity index (χ1) is 15.4. The van der Waals surface area contributed by atoms with Crippen LogP contribution < -0.4 is 20.1 Å². The van der Waals surface area contributed by atoms with Crippen molar-refractivity contribution in [2.45, 2.75) is 27.3 Å². The van der Waals surface area contributed by atoms with Crippen molar-refractivity contribution in [3.05, 3.63) is 81.3 Å². The first kappa shape index (κ1) is 23.8. The zero-order valence-electron chi connectivity index (χ0n) is 18.3. The number of anilines is 2.